The molecule has 1 aliphatic carbocycles. The number of methoxy groups -OCH3 is 2. The third-order valence-corrected chi connectivity index (χ3v) is 11.7. The van der Waals surface area contributed by atoms with Crippen molar-refractivity contribution in [3.63, 3.8) is 0 Å². The number of carbonyl (C=O) groups excluding carboxylic acids is 3. The SMILES string of the molecule is CC[C@H](C)C(C(CC(O)N1CCCC1C(OC)C(C)C(=O)NC(C)C(O)C1C=CCCC1)OC)N(C)C(=O)[C@@H](NC(=O)C(C)C(C)C)C(C)C. The number of allylic oxidation sites excluding steroid dienone is 1. The molecule has 0 aromatic heterocycles. The van der Waals surface area contributed by atoms with Crippen molar-refractivity contribution in [3.05, 3.63) is 12.2 Å². The fourth-order valence-electron chi connectivity index (χ4n) is 7.74. The minimum atomic E-state index is -0.901. The average Bonchev–Trinajstić information content (AvgIpc) is 3.58. The number of nitrogens with one attached hydrogen (secondary N) is 2. The van der Waals surface area contributed by atoms with Crippen molar-refractivity contribution in [3.8, 4) is 0 Å². The molecule has 2 rings (SSSR count). The number of nitrogens with zero attached hydrogens (tertiary/aromatic N) is 2. The number of aliphatic hydroxyl groups is 2. The van der Waals surface area contributed by atoms with Gasteiger partial charge in [-0.1, -0.05) is 74.0 Å². The maximum absolute atomic E-state index is 14.1. The molecular weight excluding hydrogens is 636 g/mol. The molecule has 0 aromatic carbocycles. The second-order valence-electron chi connectivity index (χ2n) is 15.8. The van der Waals surface area contributed by atoms with E-state index >= 15 is 0 Å². The monoisotopic (exact) mass is 709 g/mol. The van der Waals surface area contributed by atoms with Crippen LogP contribution in [0.1, 0.15) is 107 Å². The van der Waals surface area contributed by atoms with E-state index in [0.29, 0.717) is 6.54 Å². The third kappa shape index (κ3) is 11.5. The molecule has 10 unspecified atom stereocenters. The van der Waals surface area contributed by atoms with E-state index in [-0.39, 0.29) is 65.8 Å². The van der Waals surface area contributed by atoms with Gasteiger partial charge in [-0.3, -0.25) is 19.3 Å². The van der Waals surface area contributed by atoms with Crippen molar-refractivity contribution >= 4 is 17.7 Å². The summed E-state index contributed by atoms with van der Waals surface area (Å²) in [5.74, 6) is -1.16. The molecule has 0 aromatic rings. The Morgan fingerprint density at radius 3 is 2.06 bits per heavy atom. The van der Waals surface area contributed by atoms with Crippen molar-refractivity contribution in [2.24, 2.45) is 35.5 Å². The Balaban J connectivity index is 2.21. The largest absolute Gasteiger partial charge is 0.390 e. The fraction of sp³-hybridized carbons (Fsp3) is 0.872. The van der Waals surface area contributed by atoms with Crippen molar-refractivity contribution < 1.29 is 34.1 Å². The maximum Gasteiger partial charge on any atom is 0.245 e. The normalized spacial score (nSPS) is 24.5. The summed E-state index contributed by atoms with van der Waals surface area (Å²) in [6, 6.07) is -1.67. The van der Waals surface area contributed by atoms with Crippen molar-refractivity contribution in [2.75, 3.05) is 27.8 Å². The number of rotatable bonds is 20. The van der Waals surface area contributed by atoms with E-state index in [9.17, 15) is 24.6 Å². The highest BCUT2D eigenvalue weighted by Crippen LogP contribution is 2.31. The minimum absolute atomic E-state index is 0.0268. The van der Waals surface area contributed by atoms with Gasteiger partial charge in [0.15, 0.2) is 0 Å². The highest BCUT2D eigenvalue weighted by molar-refractivity contribution is 5.88. The molecule has 11 heteroatoms. The van der Waals surface area contributed by atoms with Gasteiger partial charge in [-0.15, -0.1) is 0 Å². The summed E-state index contributed by atoms with van der Waals surface area (Å²) in [5, 5.41) is 28.8. The second-order valence-corrected chi connectivity index (χ2v) is 15.8. The summed E-state index contributed by atoms with van der Waals surface area (Å²) in [7, 11) is 4.99. The Kier molecular flexibility index (Phi) is 18.4. The van der Waals surface area contributed by atoms with E-state index in [1.165, 1.54) is 0 Å². The Morgan fingerprint density at radius 1 is 0.900 bits per heavy atom. The zero-order valence-electron chi connectivity index (χ0n) is 33.2. The molecule has 4 N–H and O–H groups in total. The van der Waals surface area contributed by atoms with Gasteiger partial charge in [-0.25, -0.2) is 0 Å². The highest BCUT2D eigenvalue weighted by atomic mass is 16.5. The van der Waals surface area contributed by atoms with Crippen LogP contribution in [0.25, 0.3) is 0 Å². The van der Waals surface area contributed by atoms with Crippen LogP contribution in [0.5, 0.6) is 0 Å². The Hall–Kier alpha value is -2.05. The lowest BCUT2D eigenvalue weighted by molar-refractivity contribution is -0.146. The molecule has 12 atom stereocenters. The number of aliphatic hydroxyl groups excluding tert-OH is 2. The molecule has 0 saturated carbocycles. The topological polar surface area (TPSA) is 141 Å². The predicted octanol–water partition coefficient (Wildman–Crippen LogP) is 4.35. The van der Waals surface area contributed by atoms with Gasteiger partial charge in [0.2, 0.25) is 17.7 Å². The molecule has 0 spiro atoms. The van der Waals surface area contributed by atoms with Gasteiger partial charge >= 0.3 is 0 Å². The van der Waals surface area contributed by atoms with Gasteiger partial charge < -0.3 is 35.2 Å². The predicted molar refractivity (Wildman–Crippen MR) is 198 cm³/mol. The lowest BCUT2D eigenvalue weighted by atomic mass is 9.87. The van der Waals surface area contributed by atoms with Crippen molar-refractivity contribution in [1.82, 2.24) is 20.4 Å². The first-order valence-corrected chi connectivity index (χ1v) is 19.2. The molecular formula is C39H72N4O7. The summed E-state index contributed by atoms with van der Waals surface area (Å²) in [6.07, 6.45) is 7.20. The molecule has 0 radical (unpaired) electrons. The maximum atomic E-state index is 14.1. The van der Waals surface area contributed by atoms with Gasteiger partial charge in [0.25, 0.3) is 0 Å². The van der Waals surface area contributed by atoms with Crippen LogP contribution in [0.3, 0.4) is 0 Å². The fourth-order valence-corrected chi connectivity index (χ4v) is 7.74. The van der Waals surface area contributed by atoms with E-state index < -0.39 is 42.5 Å². The number of hydrogen-bond acceptors (Lipinski definition) is 8. The molecule has 11 nitrogen and oxygen atoms in total. The quantitative estimate of drug-likeness (QED) is 0.137. The van der Waals surface area contributed by atoms with E-state index in [1.807, 2.05) is 53.4 Å². The lowest BCUT2D eigenvalue weighted by Gasteiger charge is -2.42. The van der Waals surface area contributed by atoms with Gasteiger partial charge in [-0.2, -0.15) is 0 Å². The summed E-state index contributed by atoms with van der Waals surface area (Å²) in [5.41, 5.74) is 0. The number of amides is 3. The molecule has 1 aliphatic heterocycles. The number of hydrogen-bond donors (Lipinski definition) is 4. The summed E-state index contributed by atoms with van der Waals surface area (Å²) in [4.78, 5) is 44.3. The van der Waals surface area contributed by atoms with E-state index in [0.717, 1.165) is 38.5 Å². The van der Waals surface area contributed by atoms with Crippen LogP contribution in [0.4, 0.5) is 0 Å². The molecule has 1 saturated heterocycles. The smallest absolute Gasteiger partial charge is 0.245 e. The van der Waals surface area contributed by atoms with Crippen LogP contribution in [-0.2, 0) is 23.9 Å². The molecule has 1 heterocycles. The Labute approximate surface area is 303 Å². The number of likely N-dealkylation sites (tertiary alicyclic amines) is 1. The molecule has 50 heavy (non-hydrogen) atoms. The first kappa shape index (κ1) is 44.1. The minimum Gasteiger partial charge on any atom is -0.390 e. The van der Waals surface area contributed by atoms with Gasteiger partial charge in [-0.05, 0) is 56.8 Å². The molecule has 2 aliphatic rings. The summed E-state index contributed by atoms with van der Waals surface area (Å²) < 4.78 is 12.0. The van der Waals surface area contributed by atoms with Crippen LogP contribution in [0.2, 0.25) is 0 Å². The lowest BCUT2D eigenvalue weighted by Crippen LogP contribution is -2.58. The average molecular weight is 709 g/mol. The van der Waals surface area contributed by atoms with Crippen molar-refractivity contribution in [1.29, 1.82) is 0 Å². The zero-order chi connectivity index (χ0) is 37.9. The van der Waals surface area contributed by atoms with Gasteiger partial charge in [0.1, 0.15) is 12.3 Å². The van der Waals surface area contributed by atoms with Gasteiger partial charge in [0.05, 0.1) is 36.3 Å². The van der Waals surface area contributed by atoms with Gasteiger partial charge in [0, 0.05) is 52.1 Å². The first-order valence-electron chi connectivity index (χ1n) is 19.2. The third-order valence-electron chi connectivity index (χ3n) is 11.7. The van der Waals surface area contributed by atoms with E-state index in [4.69, 9.17) is 9.47 Å². The second kappa shape index (κ2) is 20.9. The number of ether oxygens (including phenoxy) is 2. The highest BCUT2D eigenvalue weighted by Gasteiger charge is 2.43. The molecule has 0 bridgehead atoms. The molecule has 3 amide bonds. The van der Waals surface area contributed by atoms with Crippen LogP contribution >= 0.6 is 0 Å². The van der Waals surface area contributed by atoms with Crippen LogP contribution in [-0.4, -0.2) is 114 Å². The zero-order valence-corrected chi connectivity index (χ0v) is 33.2. The standard InChI is InChI=1S/C39H72N4O7/c1-13-25(6)34(42(10)39(48)33(24(4)5)41-37(46)26(7)23(2)3)31(49-11)22-32(44)43-21-17-20-30(43)36(50-12)27(8)38(47)40-28(9)35(45)29-18-15-14-16-19-29/h15,18,23-36,44-45H,13-14,16-17,19-22H2,1-12H3,(H,40,47)(H,41,46)/t25-,26?,27?,28?,29?,30?,31?,32?,33-,34?,35?,36?/m0/s1. The summed E-state index contributed by atoms with van der Waals surface area (Å²) in [6.45, 7) is 18.2. The van der Waals surface area contributed by atoms with E-state index in [1.54, 1.807) is 26.2 Å². The van der Waals surface area contributed by atoms with Crippen LogP contribution in [0, 0.1) is 35.5 Å². The van der Waals surface area contributed by atoms with Crippen molar-refractivity contribution in [2.45, 2.75) is 156 Å². The number of likely N-dealkylation sites (N-methyl/N-ethyl adjacent to an activating group) is 1. The molecule has 1 fully saturated rings. The first-order chi connectivity index (χ1) is 23.5. The van der Waals surface area contributed by atoms with E-state index in [2.05, 4.69) is 36.6 Å². The Morgan fingerprint density at radius 2 is 1.54 bits per heavy atom. The van der Waals surface area contributed by atoms with Crippen LogP contribution < -0.4 is 10.6 Å². The number of carbonyl (C=O) groups is 3. The Bertz CT molecular complexity index is 1090. The van der Waals surface area contributed by atoms with Crippen LogP contribution in [0.15, 0.2) is 12.2 Å². The summed E-state index contributed by atoms with van der Waals surface area (Å²) >= 11 is 0. The molecule has 290 valence electrons.